The summed E-state index contributed by atoms with van der Waals surface area (Å²) < 4.78 is 5.26. The zero-order valence-corrected chi connectivity index (χ0v) is 21.3. The van der Waals surface area contributed by atoms with E-state index in [-0.39, 0.29) is 29.1 Å². The van der Waals surface area contributed by atoms with Crippen LogP contribution in [0.5, 0.6) is 0 Å². The molecule has 0 aromatic rings. The van der Waals surface area contributed by atoms with Crippen molar-refractivity contribution in [2.75, 3.05) is 6.61 Å². The van der Waals surface area contributed by atoms with Crippen LogP contribution in [-0.2, 0) is 9.53 Å². The molecule has 0 amide bonds. The van der Waals surface area contributed by atoms with Crippen LogP contribution in [0.15, 0.2) is 11.6 Å². The summed E-state index contributed by atoms with van der Waals surface area (Å²) in [5, 5.41) is 35.2. The summed E-state index contributed by atoms with van der Waals surface area (Å²) in [6.45, 7) is 2.61. The molecular weight excluding hydrogens is 442 g/mol. The molecule has 0 spiro atoms. The van der Waals surface area contributed by atoms with Gasteiger partial charge in [0.05, 0.1) is 22.7 Å². The number of esters is 1. The zero-order chi connectivity index (χ0) is 24.5. The number of fused-ring (bicyclic) bond motifs is 5. The van der Waals surface area contributed by atoms with Gasteiger partial charge in [-0.2, -0.15) is 0 Å². The van der Waals surface area contributed by atoms with Gasteiger partial charge in [0.1, 0.15) is 18.9 Å². The Bertz CT molecular complexity index is 926. The molecule has 6 aliphatic rings. The number of carbonyl (C=O) groups is 1. The average Bonchev–Trinajstić information content (AvgIpc) is 3.38. The van der Waals surface area contributed by atoms with Gasteiger partial charge < -0.3 is 20.1 Å². The van der Waals surface area contributed by atoms with Gasteiger partial charge in [-0.25, -0.2) is 9.79 Å². The first-order valence-electron chi connectivity index (χ1n) is 14.3. The second-order valence-corrected chi connectivity index (χ2v) is 13.2. The average molecular weight is 487 g/mol. The van der Waals surface area contributed by atoms with E-state index >= 15 is 0 Å². The predicted molar refractivity (Wildman–Crippen MR) is 131 cm³/mol. The molecule has 0 radical (unpaired) electrons. The third-order valence-corrected chi connectivity index (χ3v) is 11.8. The normalized spacial score (nSPS) is 50.4. The van der Waals surface area contributed by atoms with Crippen LogP contribution in [0, 0.1) is 28.6 Å². The lowest BCUT2D eigenvalue weighted by molar-refractivity contribution is -0.509. The smallest absolute Gasteiger partial charge is 0.331 e. The fraction of sp³-hybridized carbons (Fsp3) is 0.862. The molecule has 1 aliphatic heterocycles. The van der Waals surface area contributed by atoms with E-state index in [0.717, 1.165) is 44.1 Å². The minimum absolute atomic E-state index is 0.116. The topological polar surface area (TPSA) is 101 Å². The Hall–Kier alpha value is -1.24. The van der Waals surface area contributed by atoms with Gasteiger partial charge in [-0.15, -0.1) is 0 Å². The molecule has 6 nitrogen and oxygen atoms in total. The predicted octanol–water partition coefficient (Wildman–Crippen LogP) is 2.18. The molecule has 8 atom stereocenters. The first kappa shape index (κ1) is 24.1. The molecule has 6 heteroatoms. The van der Waals surface area contributed by atoms with Gasteiger partial charge in [0.15, 0.2) is 0 Å². The van der Waals surface area contributed by atoms with Gasteiger partial charge in [0, 0.05) is 30.8 Å². The van der Waals surface area contributed by atoms with E-state index in [0.29, 0.717) is 31.9 Å². The number of aliphatic hydroxyl groups is 3. The number of aliphatic hydroxyl groups excluding tert-OH is 1. The van der Waals surface area contributed by atoms with Gasteiger partial charge in [-0.05, 0) is 87.5 Å². The van der Waals surface area contributed by atoms with E-state index in [1.165, 1.54) is 32.1 Å². The molecule has 5 fully saturated rings. The van der Waals surface area contributed by atoms with Crippen molar-refractivity contribution in [2.45, 2.75) is 120 Å². The summed E-state index contributed by atoms with van der Waals surface area (Å²) in [6, 6.07) is 0.467. The van der Waals surface area contributed by atoms with Crippen LogP contribution in [0.1, 0.15) is 96.8 Å². The molecule has 1 heterocycles. The summed E-state index contributed by atoms with van der Waals surface area (Å²) in [4.78, 5) is 15.6. The van der Waals surface area contributed by atoms with Crippen LogP contribution < -0.4 is 4.99 Å². The molecule has 5 aliphatic carbocycles. The quantitative estimate of drug-likeness (QED) is 0.362. The summed E-state index contributed by atoms with van der Waals surface area (Å²) >= 11 is 0. The SMILES string of the molecule is CC12CCC3C(CCC4(O)CC(O)CCC34C=[NH+]C3CCCCC3)C1(O)CCC2C1=CC(=O)OC1. The van der Waals surface area contributed by atoms with Gasteiger partial charge in [0.2, 0.25) is 0 Å². The number of ether oxygens (including phenoxy) is 1. The number of hydrogen-bond donors (Lipinski definition) is 4. The minimum Gasteiger partial charge on any atom is -0.458 e. The Kier molecular flexibility index (Phi) is 5.78. The molecule has 8 unspecified atom stereocenters. The van der Waals surface area contributed by atoms with Crippen LogP contribution in [0.25, 0.3) is 0 Å². The van der Waals surface area contributed by atoms with Gasteiger partial charge in [0.25, 0.3) is 0 Å². The van der Waals surface area contributed by atoms with E-state index < -0.39 is 22.7 Å². The highest BCUT2D eigenvalue weighted by atomic mass is 16.5. The lowest BCUT2D eigenvalue weighted by Gasteiger charge is -2.64. The summed E-state index contributed by atoms with van der Waals surface area (Å²) in [5.41, 5.74) is -1.39. The number of cyclic esters (lactones) is 1. The number of nitrogens with one attached hydrogen (secondary N) is 1. The number of carbonyl (C=O) groups excluding carboxylic acids is 1. The van der Waals surface area contributed by atoms with Crippen LogP contribution >= 0.6 is 0 Å². The monoisotopic (exact) mass is 486 g/mol. The molecule has 6 rings (SSSR count). The second-order valence-electron chi connectivity index (χ2n) is 13.2. The number of rotatable bonds is 3. The molecule has 0 aromatic heterocycles. The summed E-state index contributed by atoms with van der Waals surface area (Å²) in [7, 11) is 0. The Morgan fingerprint density at radius 3 is 2.49 bits per heavy atom. The molecule has 0 aromatic carbocycles. The van der Waals surface area contributed by atoms with Crippen molar-refractivity contribution in [2.24, 2.45) is 28.6 Å². The summed E-state index contributed by atoms with van der Waals surface area (Å²) in [6.07, 6.45) is 16.5. The lowest BCUT2D eigenvalue weighted by atomic mass is 9.41. The van der Waals surface area contributed by atoms with Crippen LogP contribution in [0.2, 0.25) is 0 Å². The Labute approximate surface area is 209 Å². The van der Waals surface area contributed by atoms with Crippen LogP contribution in [-0.4, -0.2) is 57.5 Å². The minimum atomic E-state index is -0.927. The van der Waals surface area contributed by atoms with E-state index in [2.05, 4.69) is 18.1 Å². The number of hydrogen-bond acceptors (Lipinski definition) is 5. The van der Waals surface area contributed by atoms with Crippen molar-refractivity contribution in [1.29, 1.82) is 0 Å². The lowest BCUT2D eigenvalue weighted by Crippen LogP contribution is -2.82. The van der Waals surface area contributed by atoms with Crippen molar-refractivity contribution in [1.82, 2.24) is 0 Å². The zero-order valence-electron chi connectivity index (χ0n) is 21.3. The van der Waals surface area contributed by atoms with E-state index in [4.69, 9.17) is 4.74 Å². The molecule has 35 heavy (non-hydrogen) atoms. The maximum absolute atomic E-state index is 12.5. The van der Waals surface area contributed by atoms with Crippen molar-refractivity contribution >= 4 is 12.2 Å². The molecule has 0 saturated heterocycles. The van der Waals surface area contributed by atoms with Gasteiger partial charge in [-0.3, -0.25) is 0 Å². The first-order valence-corrected chi connectivity index (χ1v) is 14.3. The molecule has 5 saturated carbocycles. The first-order chi connectivity index (χ1) is 16.7. The standard InChI is InChI=1S/C29H43NO5/c1-26-11-8-23-24(29(26,34)14-10-22(26)19-15-25(32)35-17-19)9-13-28(33)16-21(31)7-12-27(23,28)18-30-20-5-3-2-4-6-20/h15,18,20-24,31,33-34H,2-14,16-17H2,1H3/p+1. The second kappa shape index (κ2) is 8.39. The Balaban J connectivity index is 1.36. The highest BCUT2D eigenvalue weighted by Crippen LogP contribution is 2.70. The molecule has 194 valence electrons. The fourth-order valence-corrected chi connectivity index (χ4v) is 9.93. The highest BCUT2D eigenvalue weighted by molar-refractivity contribution is 5.85. The van der Waals surface area contributed by atoms with Crippen molar-refractivity contribution in [3.05, 3.63) is 11.6 Å². The van der Waals surface area contributed by atoms with Crippen molar-refractivity contribution in [3.63, 3.8) is 0 Å². The van der Waals surface area contributed by atoms with E-state index in [9.17, 15) is 20.1 Å². The molecule has 0 bridgehead atoms. The Morgan fingerprint density at radius 2 is 1.74 bits per heavy atom. The van der Waals surface area contributed by atoms with Gasteiger partial charge >= 0.3 is 5.97 Å². The van der Waals surface area contributed by atoms with Crippen molar-refractivity contribution in [3.8, 4) is 0 Å². The molecular formula is C29H44NO5+. The van der Waals surface area contributed by atoms with E-state index in [1.54, 1.807) is 6.08 Å². The fourth-order valence-electron chi connectivity index (χ4n) is 9.93. The Morgan fingerprint density at radius 1 is 0.971 bits per heavy atom. The highest BCUT2D eigenvalue weighted by Gasteiger charge is 2.71. The summed E-state index contributed by atoms with van der Waals surface area (Å²) in [5.74, 6) is 0.231. The van der Waals surface area contributed by atoms with E-state index in [1.807, 2.05) is 0 Å². The maximum atomic E-state index is 12.5. The largest absolute Gasteiger partial charge is 0.458 e. The third-order valence-electron chi connectivity index (χ3n) is 11.8. The van der Waals surface area contributed by atoms with Gasteiger partial charge in [-0.1, -0.05) is 13.3 Å². The van der Waals surface area contributed by atoms with Crippen molar-refractivity contribution < 1.29 is 29.8 Å². The van der Waals surface area contributed by atoms with Crippen LogP contribution in [0.3, 0.4) is 0 Å². The third kappa shape index (κ3) is 3.45. The van der Waals surface area contributed by atoms with Crippen LogP contribution in [0.4, 0.5) is 0 Å². The maximum Gasteiger partial charge on any atom is 0.331 e. The molecule has 4 N–H and O–H groups in total.